The largest absolute Gasteiger partial charge is 0.496 e. The van der Waals surface area contributed by atoms with Gasteiger partial charge in [-0.3, -0.25) is 29.5 Å². The molecule has 3 aliphatic heterocycles. The molecule has 16 nitrogen and oxygen atoms in total. The second-order valence-corrected chi connectivity index (χ2v) is 18.8. The normalized spacial score (nSPS) is 20.1. The third kappa shape index (κ3) is 11.5. The van der Waals surface area contributed by atoms with E-state index in [4.69, 9.17) is 21.1 Å². The van der Waals surface area contributed by atoms with Crippen molar-refractivity contribution in [3.8, 4) is 11.5 Å². The van der Waals surface area contributed by atoms with Crippen LogP contribution < -0.4 is 25.0 Å². The van der Waals surface area contributed by atoms with E-state index in [1.807, 2.05) is 21.9 Å². The van der Waals surface area contributed by atoms with Crippen molar-refractivity contribution < 1.29 is 51.7 Å². The maximum Gasteiger partial charge on any atom is 0.416 e. The number of hydrogen-bond donors (Lipinski definition) is 3. The minimum absolute atomic E-state index is 0.0783. The van der Waals surface area contributed by atoms with Gasteiger partial charge in [0.05, 0.1) is 40.5 Å². The van der Waals surface area contributed by atoms with Crippen LogP contribution in [0.1, 0.15) is 96.7 Å². The van der Waals surface area contributed by atoms with E-state index < -0.39 is 35.3 Å². The van der Waals surface area contributed by atoms with Crippen LogP contribution >= 0.6 is 11.6 Å². The van der Waals surface area contributed by atoms with E-state index >= 15 is 0 Å². The number of aromatic carboxylic acids is 1. The lowest BCUT2D eigenvalue weighted by molar-refractivity contribution is -0.139. The summed E-state index contributed by atoms with van der Waals surface area (Å²) in [5.41, 5.74) is 0.535. The first-order valence-corrected chi connectivity index (χ1v) is 23.7. The number of amides is 5. The number of rotatable bonds is 13. The number of carbonyl (C=O) groups excluding carboxylic acids is 4. The number of alkyl halides is 3. The van der Waals surface area contributed by atoms with Gasteiger partial charge in [-0.15, -0.1) is 0 Å². The van der Waals surface area contributed by atoms with Crippen molar-refractivity contribution in [2.45, 2.75) is 76.9 Å². The Hall–Kier alpha value is -6.21. The summed E-state index contributed by atoms with van der Waals surface area (Å²) in [5.74, 6) is 0.522. The summed E-state index contributed by atoms with van der Waals surface area (Å²) in [4.78, 5) is 79.5. The molecular weight excluding hydrogens is 921 g/mol. The van der Waals surface area contributed by atoms with Gasteiger partial charge >= 0.3 is 18.2 Å². The van der Waals surface area contributed by atoms with E-state index in [1.165, 1.54) is 11.0 Å². The maximum absolute atomic E-state index is 13.9. The summed E-state index contributed by atoms with van der Waals surface area (Å²) in [6.45, 7) is 8.42. The van der Waals surface area contributed by atoms with Gasteiger partial charge in [-0.05, 0) is 112 Å². The first-order chi connectivity index (χ1) is 32.9. The van der Waals surface area contributed by atoms with E-state index in [-0.39, 0.29) is 54.7 Å². The SMILES string of the molecule is COc1cc2nc(C)nc(N[C@H](C)c3cc(C(=O)O)cc(C(F)(F)F)c3)c2cc1C1CCC(C(=O)N2CCN(CC3CCN(C(=O)COc4ccc(Cl)c(N5CCC(=O)NC5=O)c4)CC3)CC2)CC1. The highest BCUT2D eigenvalue weighted by molar-refractivity contribution is 6.34. The Kier molecular flexibility index (Phi) is 14.8. The van der Waals surface area contributed by atoms with Crippen molar-refractivity contribution in [1.82, 2.24) is 30.0 Å². The fraction of sp³-hybridized carbons (Fsp3) is 0.490. The minimum atomic E-state index is -4.73. The highest BCUT2D eigenvalue weighted by atomic mass is 35.5. The smallest absolute Gasteiger partial charge is 0.416 e. The van der Waals surface area contributed by atoms with Gasteiger partial charge in [0.25, 0.3) is 5.91 Å². The predicted molar refractivity (Wildman–Crippen MR) is 251 cm³/mol. The number of carboxylic acid groups (broad SMARTS) is 1. The minimum Gasteiger partial charge on any atom is -0.496 e. The molecule has 5 amide bonds. The number of nitrogens with one attached hydrogen (secondary N) is 2. The number of carboxylic acids is 1. The van der Waals surface area contributed by atoms with E-state index in [9.17, 15) is 42.3 Å². The topological polar surface area (TPSA) is 187 Å². The number of urea groups is 1. The van der Waals surface area contributed by atoms with Crippen molar-refractivity contribution >= 4 is 63.7 Å². The lowest BCUT2D eigenvalue weighted by Gasteiger charge is -2.40. The van der Waals surface area contributed by atoms with Gasteiger partial charge in [0, 0.05) is 82.2 Å². The zero-order chi connectivity index (χ0) is 49.1. The molecule has 1 aliphatic carbocycles. The van der Waals surface area contributed by atoms with E-state index in [0.29, 0.717) is 95.8 Å². The van der Waals surface area contributed by atoms with Crippen molar-refractivity contribution in [2.24, 2.45) is 11.8 Å². The lowest BCUT2D eigenvalue weighted by atomic mass is 9.77. The molecule has 3 aromatic carbocycles. The molecule has 4 aromatic rings. The Morgan fingerprint density at radius 2 is 1.64 bits per heavy atom. The molecule has 3 saturated heterocycles. The summed E-state index contributed by atoms with van der Waals surface area (Å²) in [6, 6.07) is 10.1. The standard InChI is InChI=1S/C49H56ClF3N8O8/c1-28(33-20-34(47(65)66)22-35(21-33)49(51,52)53)54-45-38-24-37(42(68-3)25-40(38)55-29(2)56-45)31-4-6-32(7-5-31)46(64)60-18-16-58(17-19-60)26-30-10-13-59(14-11-30)44(63)27-69-36-8-9-39(50)41(23-36)61-15-12-43(62)57-48(61)67/h8-9,20-25,28,30-32H,4-7,10-19,26-27H2,1-3H3,(H,65,66)(H,54,55,56)(H,57,62,67)/t28-,31?,32?/m1/s1. The number of benzene rings is 3. The highest BCUT2D eigenvalue weighted by Crippen LogP contribution is 2.43. The molecular formula is C49H56ClF3N8O8. The molecule has 8 rings (SSSR count). The average Bonchev–Trinajstić information content (AvgIpc) is 3.33. The average molecular weight is 977 g/mol. The molecule has 0 spiro atoms. The lowest BCUT2D eigenvalue weighted by Crippen LogP contribution is -2.52. The summed E-state index contributed by atoms with van der Waals surface area (Å²) in [7, 11) is 1.59. The third-order valence-corrected chi connectivity index (χ3v) is 14.2. The highest BCUT2D eigenvalue weighted by Gasteiger charge is 2.35. The molecule has 0 radical (unpaired) electrons. The van der Waals surface area contributed by atoms with Crippen LogP contribution in [0.15, 0.2) is 48.5 Å². The quantitative estimate of drug-likeness (QED) is 0.119. The Morgan fingerprint density at radius 1 is 0.913 bits per heavy atom. The zero-order valence-electron chi connectivity index (χ0n) is 38.7. The Labute approximate surface area is 402 Å². The maximum atomic E-state index is 13.9. The number of piperidine rings is 1. The number of fused-ring (bicyclic) bond motifs is 1. The summed E-state index contributed by atoms with van der Waals surface area (Å²) in [5, 5.41) is 16.0. The van der Waals surface area contributed by atoms with Gasteiger partial charge in [0.15, 0.2) is 6.61 Å². The molecule has 4 aliphatic rings. The number of halogens is 4. The number of aryl methyl sites for hydroxylation is 1. The number of piperazine rings is 1. The summed E-state index contributed by atoms with van der Waals surface area (Å²) < 4.78 is 52.9. The van der Waals surface area contributed by atoms with Crippen LogP contribution in [-0.4, -0.2) is 126 Å². The van der Waals surface area contributed by atoms with Crippen molar-refractivity contribution in [3.63, 3.8) is 0 Å². The molecule has 4 heterocycles. The van der Waals surface area contributed by atoms with Crippen molar-refractivity contribution in [1.29, 1.82) is 0 Å². The van der Waals surface area contributed by atoms with Crippen LogP contribution in [0.3, 0.4) is 0 Å². The van der Waals surface area contributed by atoms with Crippen LogP contribution in [0.5, 0.6) is 11.5 Å². The monoisotopic (exact) mass is 976 g/mol. The molecule has 0 unspecified atom stereocenters. The second-order valence-electron chi connectivity index (χ2n) is 18.4. The number of likely N-dealkylation sites (tertiary alicyclic amines) is 1. The Balaban J connectivity index is 0.804. The predicted octanol–water partition coefficient (Wildman–Crippen LogP) is 7.67. The fourth-order valence-electron chi connectivity index (χ4n) is 9.98. The van der Waals surface area contributed by atoms with Gasteiger partial charge < -0.3 is 29.7 Å². The van der Waals surface area contributed by atoms with Gasteiger partial charge in [0.1, 0.15) is 23.1 Å². The fourth-order valence-corrected chi connectivity index (χ4v) is 10.2. The molecule has 368 valence electrons. The molecule has 20 heteroatoms. The zero-order valence-corrected chi connectivity index (χ0v) is 39.5. The first-order valence-electron chi connectivity index (χ1n) is 23.3. The molecule has 1 aromatic heterocycles. The number of anilines is 2. The van der Waals surface area contributed by atoms with E-state index in [2.05, 4.69) is 25.5 Å². The second kappa shape index (κ2) is 20.8. The number of ether oxygens (including phenoxy) is 2. The van der Waals surface area contributed by atoms with Crippen molar-refractivity contribution in [3.05, 3.63) is 81.6 Å². The van der Waals surface area contributed by atoms with Crippen molar-refractivity contribution in [2.75, 3.05) is 76.3 Å². The number of methoxy groups -OCH3 is 1. The van der Waals surface area contributed by atoms with E-state index in [0.717, 1.165) is 56.9 Å². The van der Waals surface area contributed by atoms with Crippen LogP contribution in [0, 0.1) is 18.8 Å². The Morgan fingerprint density at radius 3 is 2.30 bits per heavy atom. The van der Waals surface area contributed by atoms with Crippen LogP contribution in [0.4, 0.5) is 29.5 Å². The van der Waals surface area contributed by atoms with Gasteiger partial charge in [-0.2, -0.15) is 13.2 Å². The molecule has 0 bridgehead atoms. The van der Waals surface area contributed by atoms with Gasteiger partial charge in [-0.1, -0.05) is 11.6 Å². The van der Waals surface area contributed by atoms with Gasteiger partial charge in [-0.25, -0.2) is 19.6 Å². The molecule has 69 heavy (non-hydrogen) atoms. The number of hydrogen-bond acceptors (Lipinski definition) is 11. The van der Waals surface area contributed by atoms with Crippen LogP contribution in [0.25, 0.3) is 10.9 Å². The van der Waals surface area contributed by atoms with Crippen LogP contribution in [-0.2, 0) is 20.6 Å². The Bertz CT molecular complexity index is 2610. The number of imide groups is 1. The number of aromatic nitrogens is 2. The van der Waals surface area contributed by atoms with Gasteiger partial charge in [0.2, 0.25) is 11.8 Å². The molecule has 1 atom stereocenters. The third-order valence-electron chi connectivity index (χ3n) is 13.9. The molecule has 3 N–H and O–H groups in total. The molecule has 4 fully saturated rings. The molecule has 1 saturated carbocycles. The first kappa shape index (κ1) is 49.2. The summed E-state index contributed by atoms with van der Waals surface area (Å²) in [6.07, 6.45) is 0.0794. The number of carbonyl (C=O) groups is 5. The number of nitrogens with zero attached hydrogens (tertiary/aromatic N) is 6. The van der Waals surface area contributed by atoms with Crippen LogP contribution in [0.2, 0.25) is 5.02 Å². The van der Waals surface area contributed by atoms with E-state index in [1.54, 1.807) is 39.2 Å². The summed E-state index contributed by atoms with van der Waals surface area (Å²) >= 11 is 6.35.